The van der Waals surface area contributed by atoms with Crippen molar-refractivity contribution in [1.29, 1.82) is 0 Å². The van der Waals surface area contributed by atoms with Crippen LogP contribution in [0.25, 0.3) is 0 Å². The van der Waals surface area contributed by atoms with Crippen molar-refractivity contribution in [3.05, 3.63) is 0 Å². The molecule has 1 rings (SSSR count). The van der Waals surface area contributed by atoms with Crippen LogP contribution in [0.2, 0.25) is 0 Å². The Morgan fingerprint density at radius 3 is 2.55 bits per heavy atom. The summed E-state index contributed by atoms with van der Waals surface area (Å²) in [6.45, 7) is 4.50. The molecule has 0 aromatic rings. The maximum atomic E-state index is 9.08. The quantitative estimate of drug-likeness (QED) is 0.658. The molecular formula is C9H18O2. The molecule has 2 heteroatoms. The molecule has 0 aromatic heterocycles. The van der Waals surface area contributed by atoms with E-state index in [9.17, 15) is 0 Å². The summed E-state index contributed by atoms with van der Waals surface area (Å²) in [6.07, 6.45) is 3.60. The summed E-state index contributed by atoms with van der Waals surface area (Å²) in [7, 11) is 0. The Morgan fingerprint density at radius 2 is 2.09 bits per heavy atom. The monoisotopic (exact) mass is 158 g/mol. The van der Waals surface area contributed by atoms with Gasteiger partial charge in [-0.2, -0.15) is 0 Å². The summed E-state index contributed by atoms with van der Waals surface area (Å²) in [5.41, 5.74) is 0. The Morgan fingerprint density at radius 1 is 1.45 bits per heavy atom. The van der Waals surface area contributed by atoms with Gasteiger partial charge in [0.05, 0.1) is 12.2 Å². The van der Waals surface area contributed by atoms with E-state index >= 15 is 0 Å². The van der Waals surface area contributed by atoms with E-state index in [1.165, 1.54) is 19.3 Å². The third kappa shape index (κ3) is 3.73. The van der Waals surface area contributed by atoms with Crippen LogP contribution in [0.4, 0.5) is 0 Å². The average Bonchev–Trinajstić information content (AvgIpc) is 2.71. The van der Waals surface area contributed by atoms with Gasteiger partial charge in [0, 0.05) is 6.61 Å². The van der Waals surface area contributed by atoms with Crippen LogP contribution < -0.4 is 0 Å². The van der Waals surface area contributed by atoms with E-state index in [4.69, 9.17) is 9.84 Å². The van der Waals surface area contributed by atoms with Gasteiger partial charge in [0.2, 0.25) is 0 Å². The van der Waals surface area contributed by atoms with Gasteiger partial charge in [-0.05, 0) is 26.2 Å². The third-order valence-corrected chi connectivity index (χ3v) is 2.28. The lowest BCUT2D eigenvalue weighted by molar-refractivity contribution is -0.0201. The van der Waals surface area contributed by atoms with Crippen LogP contribution in [-0.2, 0) is 4.74 Å². The molecular weight excluding hydrogens is 140 g/mol. The van der Waals surface area contributed by atoms with Crippen LogP contribution in [0, 0.1) is 5.92 Å². The lowest BCUT2D eigenvalue weighted by Gasteiger charge is -2.15. The Kier molecular flexibility index (Phi) is 3.34. The van der Waals surface area contributed by atoms with Gasteiger partial charge in [-0.1, -0.05) is 12.8 Å². The highest BCUT2D eigenvalue weighted by Gasteiger charge is 2.21. The highest BCUT2D eigenvalue weighted by Crippen LogP contribution is 2.32. The van der Waals surface area contributed by atoms with Crippen molar-refractivity contribution in [2.45, 2.75) is 45.3 Å². The molecule has 66 valence electrons. The van der Waals surface area contributed by atoms with E-state index in [0.717, 1.165) is 12.5 Å². The Hall–Kier alpha value is -0.0800. The number of aliphatic hydroxyl groups is 1. The van der Waals surface area contributed by atoms with Gasteiger partial charge in [-0.25, -0.2) is 0 Å². The van der Waals surface area contributed by atoms with Gasteiger partial charge < -0.3 is 9.84 Å². The summed E-state index contributed by atoms with van der Waals surface area (Å²) in [4.78, 5) is 0. The fraction of sp³-hybridized carbons (Fsp3) is 1.00. The van der Waals surface area contributed by atoms with Gasteiger partial charge in [0.15, 0.2) is 0 Å². The number of rotatable bonds is 5. The minimum atomic E-state index is -0.339. The van der Waals surface area contributed by atoms with Crippen LogP contribution in [0.3, 0.4) is 0 Å². The zero-order valence-corrected chi connectivity index (χ0v) is 7.42. The second-order valence-electron chi connectivity index (χ2n) is 3.55. The molecule has 2 nitrogen and oxygen atoms in total. The molecule has 1 N–H and O–H groups in total. The maximum Gasteiger partial charge on any atom is 0.0803 e. The van der Waals surface area contributed by atoms with Gasteiger partial charge >= 0.3 is 0 Å². The van der Waals surface area contributed by atoms with Crippen molar-refractivity contribution >= 4 is 0 Å². The van der Waals surface area contributed by atoms with E-state index in [1.807, 2.05) is 6.92 Å². The minimum Gasteiger partial charge on any atom is -0.391 e. The SMILES string of the molecule is CC(O)C(C)OCCC1CC1. The van der Waals surface area contributed by atoms with E-state index < -0.39 is 0 Å². The zero-order chi connectivity index (χ0) is 8.27. The molecule has 0 bridgehead atoms. The Balaban J connectivity index is 1.92. The second kappa shape index (κ2) is 4.07. The van der Waals surface area contributed by atoms with E-state index in [2.05, 4.69) is 0 Å². The van der Waals surface area contributed by atoms with Crippen LogP contribution >= 0.6 is 0 Å². The van der Waals surface area contributed by atoms with E-state index in [0.29, 0.717) is 0 Å². The molecule has 2 atom stereocenters. The summed E-state index contributed by atoms with van der Waals surface area (Å²) >= 11 is 0. The molecule has 1 aliphatic carbocycles. The normalized spacial score (nSPS) is 23.2. The summed E-state index contributed by atoms with van der Waals surface area (Å²) < 4.78 is 5.40. The molecule has 0 radical (unpaired) electrons. The first-order valence-electron chi connectivity index (χ1n) is 4.50. The summed E-state index contributed by atoms with van der Waals surface area (Å²) in [5.74, 6) is 0.927. The van der Waals surface area contributed by atoms with Crippen molar-refractivity contribution in [3.63, 3.8) is 0 Å². The zero-order valence-electron chi connectivity index (χ0n) is 7.42. The highest BCUT2D eigenvalue weighted by atomic mass is 16.5. The van der Waals surface area contributed by atoms with Crippen LogP contribution in [0.15, 0.2) is 0 Å². The van der Waals surface area contributed by atoms with E-state index in [-0.39, 0.29) is 12.2 Å². The van der Waals surface area contributed by atoms with Gasteiger partial charge in [0.25, 0.3) is 0 Å². The predicted molar refractivity (Wildman–Crippen MR) is 44.4 cm³/mol. The van der Waals surface area contributed by atoms with Crippen LogP contribution in [-0.4, -0.2) is 23.9 Å². The molecule has 1 fully saturated rings. The molecule has 0 saturated heterocycles. The molecule has 0 aliphatic heterocycles. The smallest absolute Gasteiger partial charge is 0.0803 e. The lowest BCUT2D eigenvalue weighted by atomic mass is 10.2. The largest absolute Gasteiger partial charge is 0.391 e. The van der Waals surface area contributed by atoms with Crippen molar-refractivity contribution < 1.29 is 9.84 Å². The number of aliphatic hydroxyl groups excluding tert-OH is 1. The van der Waals surface area contributed by atoms with Gasteiger partial charge in [-0.3, -0.25) is 0 Å². The highest BCUT2D eigenvalue weighted by molar-refractivity contribution is 4.72. The summed E-state index contributed by atoms with van der Waals surface area (Å²) in [5, 5.41) is 9.08. The fourth-order valence-corrected chi connectivity index (χ4v) is 0.966. The minimum absolute atomic E-state index is 0.00579. The Bertz CT molecular complexity index is 108. The van der Waals surface area contributed by atoms with Crippen molar-refractivity contribution in [2.75, 3.05) is 6.61 Å². The number of hydrogen-bond donors (Lipinski definition) is 1. The first kappa shape index (κ1) is 9.01. The first-order chi connectivity index (χ1) is 5.20. The second-order valence-corrected chi connectivity index (χ2v) is 3.55. The van der Waals surface area contributed by atoms with Crippen molar-refractivity contribution in [3.8, 4) is 0 Å². The molecule has 11 heavy (non-hydrogen) atoms. The van der Waals surface area contributed by atoms with Gasteiger partial charge in [-0.15, -0.1) is 0 Å². The number of hydrogen-bond acceptors (Lipinski definition) is 2. The van der Waals surface area contributed by atoms with E-state index in [1.54, 1.807) is 6.92 Å². The lowest BCUT2D eigenvalue weighted by Crippen LogP contribution is -2.23. The number of ether oxygens (including phenoxy) is 1. The van der Waals surface area contributed by atoms with Crippen LogP contribution in [0.1, 0.15) is 33.1 Å². The third-order valence-electron chi connectivity index (χ3n) is 2.28. The van der Waals surface area contributed by atoms with Gasteiger partial charge in [0.1, 0.15) is 0 Å². The predicted octanol–water partition coefficient (Wildman–Crippen LogP) is 1.57. The standard InChI is InChI=1S/C9H18O2/c1-7(10)8(2)11-6-5-9-3-4-9/h7-10H,3-6H2,1-2H3. The molecule has 0 spiro atoms. The Labute approximate surface area is 68.6 Å². The summed E-state index contributed by atoms with van der Waals surface area (Å²) in [6, 6.07) is 0. The topological polar surface area (TPSA) is 29.5 Å². The van der Waals surface area contributed by atoms with Crippen LogP contribution in [0.5, 0.6) is 0 Å². The molecule has 0 amide bonds. The molecule has 0 heterocycles. The van der Waals surface area contributed by atoms with Crippen molar-refractivity contribution in [1.82, 2.24) is 0 Å². The molecule has 2 unspecified atom stereocenters. The average molecular weight is 158 g/mol. The molecule has 1 aliphatic rings. The fourth-order valence-electron chi connectivity index (χ4n) is 0.966. The first-order valence-corrected chi connectivity index (χ1v) is 4.50. The molecule has 1 saturated carbocycles. The molecule has 0 aromatic carbocycles. The maximum absolute atomic E-state index is 9.08. The van der Waals surface area contributed by atoms with Crippen molar-refractivity contribution in [2.24, 2.45) is 5.92 Å².